The predicted molar refractivity (Wildman–Crippen MR) is 86.6 cm³/mol. The zero-order valence-electron chi connectivity index (χ0n) is 13.1. The SMILES string of the molecule is CCC(OC)c1cc2c(Cl)c(=O)cc(OC)c-2cn1CC(=O)O. The van der Waals surface area contributed by atoms with Gasteiger partial charge in [0.1, 0.15) is 12.3 Å². The van der Waals surface area contributed by atoms with E-state index in [1.807, 2.05) is 6.92 Å². The number of fused-ring (bicyclic) bond motifs is 1. The number of carboxylic acids is 1. The number of pyridine rings is 1. The van der Waals surface area contributed by atoms with Gasteiger partial charge in [-0.25, -0.2) is 0 Å². The standard InChI is InChI=1S/C16H18ClNO5/c1-4-13(22-2)11-5-9-10(7-18(11)8-15(20)21)14(23-3)6-12(19)16(9)17/h5-7,13H,4,8H2,1-3H3,(H,20,21). The number of nitrogens with zero attached hydrogens (tertiary/aromatic N) is 1. The number of benzene rings is 1. The highest BCUT2D eigenvalue weighted by Gasteiger charge is 2.22. The lowest BCUT2D eigenvalue weighted by Gasteiger charge is -2.23. The molecule has 1 aliphatic heterocycles. The molecular formula is C16H18ClNO5. The average molecular weight is 340 g/mol. The quantitative estimate of drug-likeness (QED) is 0.875. The Bertz CT molecular complexity index is 751. The molecule has 0 bridgehead atoms. The first-order chi connectivity index (χ1) is 10.9. The molecule has 1 heterocycles. The van der Waals surface area contributed by atoms with Crippen LogP contribution in [0.5, 0.6) is 5.75 Å². The maximum absolute atomic E-state index is 12.0. The van der Waals surface area contributed by atoms with E-state index in [4.69, 9.17) is 26.2 Å². The molecule has 0 fully saturated rings. The van der Waals surface area contributed by atoms with Gasteiger partial charge in [-0.3, -0.25) is 9.59 Å². The van der Waals surface area contributed by atoms with E-state index in [-0.39, 0.29) is 23.1 Å². The van der Waals surface area contributed by atoms with Gasteiger partial charge in [0.15, 0.2) is 0 Å². The minimum Gasteiger partial charge on any atom is -0.496 e. The van der Waals surface area contributed by atoms with Crippen molar-refractivity contribution >= 4 is 17.6 Å². The molecule has 0 amide bonds. The largest absolute Gasteiger partial charge is 0.496 e. The molecule has 0 saturated heterocycles. The lowest BCUT2D eigenvalue weighted by Crippen LogP contribution is -2.18. The summed E-state index contributed by atoms with van der Waals surface area (Å²) in [5.41, 5.74) is 1.39. The van der Waals surface area contributed by atoms with Crippen molar-refractivity contribution in [2.24, 2.45) is 0 Å². The maximum Gasteiger partial charge on any atom is 0.323 e. The van der Waals surface area contributed by atoms with Crippen LogP contribution in [0.1, 0.15) is 25.1 Å². The van der Waals surface area contributed by atoms with Gasteiger partial charge in [-0.2, -0.15) is 0 Å². The summed E-state index contributed by atoms with van der Waals surface area (Å²) >= 11 is 6.14. The van der Waals surface area contributed by atoms with Crippen molar-refractivity contribution in [2.75, 3.05) is 14.2 Å². The Morgan fingerprint density at radius 2 is 2.04 bits per heavy atom. The second-order valence-electron chi connectivity index (χ2n) is 5.07. The second kappa shape index (κ2) is 7.02. The van der Waals surface area contributed by atoms with Gasteiger partial charge in [0.2, 0.25) is 5.43 Å². The van der Waals surface area contributed by atoms with Crippen molar-refractivity contribution in [3.05, 3.63) is 39.3 Å². The van der Waals surface area contributed by atoms with Gasteiger partial charge in [-0.15, -0.1) is 0 Å². The Morgan fingerprint density at radius 1 is 1.35 bits per heavy atom. The topological polar surface area (TPSA) is 77.8 Å². The van der Waals surface area contributed by atoms with Crippen molar-refractivity contribution in [1.29, 1.82) is 0 Å². The monoisotopic (exact) mass is 339 g/mol. The van der Waals surface area contributed by atoms with E-state index in [1.54, 1.807) is 23.9 Å². The Labute approximate surface area is 138 Å². The molecule has 23 heavy (non-hydrogen) atoms. The Kier molecular flexibility index (Phi) is 5.28. The number of halogens is 1. The summed E-state index contributed by atoms with van der Waals surface area (Å²) in [6, 6.07) is 2.99. The molecule has 2 aliphatic rings. The molecule has 1 unspecified atom stereocenters. The first-order valence-corrected chi connectivity index (χ1v) is 7.45. The van der Waals surface area contributed by atoms with Crippen LogP contribution in [0.3, 0.4) is 0 Å². The minimum atomic E-state index is -0.980. The normalized spacial score (nSPS) is 12.3. The van der Waals surface area contributed by atoms with Crippen LogP contribution in [0.4, 0.5) is 0 Å². The van der Waals surface area contributed by atoms with Gasteiger partial charge < -0.3 is 19.1 Å². The number of aromatic nitrogens is 1. The lowest BCUT2D eigenvalue weighted by molar-refractivity contribution is -0.137. The molecule has 1 N–H and O–H groups in total. The van der Waals surface area contributed by atoms with E-state index in [9.17, 15) is 9.59 Å². The second-order valence-corrected chi connectivity index (χ2v) is 5.45. The molecule has 0 radical (unpaired) electrons. The van der Waals surface area contributed by atoms with Crippen LogP contribution >= 0.6 is 11.6 Å². The third-order valence-electron chi connectivity index (χ3n) is 3.69. The van der Waals surface area contributed by atoms with Crippen LogP contribution in [-0.4, -0.2) is 29.9 Å². The highest BCUT2D eigenvalue weighted by atomic mass is 35.5. The first kappa shape index (κ1) is 17.3. The Balaban J connectivity index is 2.82. The number of methoxy groups -OCH3 is 2. The number of aliphatic carboxylic acids is 1. The third-order valence-corrected chi connectivity index (χ3v) is 4.08. The summed E-state index contributed by atoms with van der Waals surface area (Å²) in [5.74, 6) is -0.627. The fraction of sp³-hybridized carbons (Fsp3) is 0.375. The number of carbonyl (C=O) groups is 1. The molecular weight excluding hydrogens is 322 g/mol. The van der Waals surface area contributed by atoms with E-state index in [2.05, 4.69) is 0 Å². The van der Waals surface area contributed by atoms with Crippen LogP contribution in [0.2, 0.25) is 5.02 Å². The predicted octanol–water partition coefficient (Wildman–Crippen LogP) is 2.80. The summed E-state index contributed by atoms with van der Waals surface area (Å²) in [7, 11) is 3.00. The van der Waals surface area contributed by atoms with E-state index in [1.165, 1.54) is 13.2 Å². The third kappa shape index (κ3) is 3.33. The van der Waals surface area contributed by atoms with E-state index in [0.29, 0.717) is 29.0 Å². The van der Waals surface area contributed by atoms with Crippen molar-refractivity contribution < 1.29 is 19.4 Å². The smallest absolute Gasteiger partial charge is 0.323 e. The van der Waals surface area contributed by atoms with Crippen LogP contribution in [0.25, 0.3) is 11.1 Å². The molecule has 6 nitrogen and oxygen atoms in total. The molecule has 1 aliphatic carbocycles. The lowest BCUT2D eigenvalue weighted by atomic mass is 10.0. The molecule has 2 rings (SSSR count). The van der Waals surface area contributed by atoms with E-state index in [0.717, 1.165) is 0 Å². The maximum atomic E-state index is 12.0. The van der Waals surface area contributed by atoms with Crippen LogP contribution in [-0.2, 0) is 16.1 Å². The van der Waals surface area contributed by atoms with Gasteiger partial charge in [0.25, 0.3) is 0 Å². The molecule has 0 saturated carbocycles. The number of hydrogen-bond donors (Lipinski definition) is 1. The number of ether oxygens (including phenoxy) is 2. The summed E-state index contributed by atoms with van der Waals surface area (Å²) in [5, 5.41) is 9.23. The molecule has 124 valence electrons. The van der Waals surface area contributed by atoms with Crippen LogP contribution in [0.15, 0.2) is 23.1 Å². The van der Waals surface area contributed by atoms with Crippen LogP contribution < -0.4 is 10.2 Å². The Morgan fingerprint density at radius 3 is 2.57 bits per heavy atom. The highest BCUT2D eigenvalue weighted by Crippen LogP contribution is 2.37. The van der Waals surface area contributed by atoms with Gasteiger partial charge in [-0.1, -0.05) is 18.5 Å². The van der Waals surface area contributed by atoms with Gasteiger partial charge in [0.05, 0.1) is 18.2 Å². The van der Waals surface area contributed by atoms with Gasteiger partial charge >= 0.3 is 5.97 Å². The fourth-order valence-electron chi connectivity index (χ4n) is 2.61. The number of hydrogen-bond acceptors (Lipinski definition) is 4. The van der Waals surface area contributed by atoms with Crippen molar-refractivity contribution in [3.8, 4) is 16.9 Å². The summed E-state index contributed by atoms with van der Waals surface area (Å²) in [4.78, 5) is 23.1. The molecule has 1 atom stereocenters. The molecule has 7 heteroatoms. The molecule has 0 aromatic carbocycles. The van der Waals surface area contributed by atoms with Crippen molar-refractivity contribution in [2.45, 2.75) is 26.0 Å². The fourth-order valence-corrected chi connectivity index (χ4v) is 2.82. The summed E-state index contributed by atoms with van der Waals surface area (Å²) < 4.78 is 12.2. The van der Waals surface area contributed by atoms with E-state index < -0.39 is 5.97 Å². The minimum absolute atomic E-state index is 0.0791. The zero-order valence-corrected chi connectivity index (χ0v) is 13.9. The highest BCUT2D eigenvalue weighted by molar-refractivity contribution is 6.33. The average Bonchev–Trinajstić information content (AvgIpc) is 2.52. The van der Waals surface area contributed by atoms with Gasteiger partial charge in [0, 0.05) is 36.2 Å². The zero-order chi connectivity index (χ0) is 17.1. The van der Waals surface area contributed by atoms with Crippen molar-refractivity contribution in [1.82, 2.24) is 4.57 Å². The van der Waals surface area contributed by atoms with Gasteiger partial charge in [-0.05, 0) is 12.5 Å². The number of carboxylic acid groups (broad SMARTS) is 1. The molecule has 0 spiro atoms. The van der Waals surface area contributed by atoms with Crippen LogP contribution in [0, 0.1) is 0 Å². The molecule has 0 aromatic rings. The summed E-state index contributed by atoms with van der Waals surface area (Å²) in [6.45, 7) is 1.70. The first-order valence-electron chi connectivity index (χ1n) is 7.08. The molecule has 0 aromatic heterocycles. The summed E-state index contributed by atoms with van der Waals surface area (Å²) in [6.07, 6.45) is 1.97. The number of rotatable bonds is 6. The van der Waals surface area contributed by atoms with E-state index >= 15 is 0 Å². The van der Waals surface area contributed by atoms with Crippen molar-refractivity contribution in [3.63, 3.8) is 0 Å². The Hall–Kier alpha value is -2.05.